The van der Waals surface area contributed by atoms with Crippen molar-refractivity contribution in [3.05, 3.63) is 20.2 Å². The molecule has 1 atom stereocenters. The monoisotopic (exact) mass is 324 g/mol. The van der Waals surface area contributed by atoms with Crippen molar-refractivity contribution in [2.45, 2.75) is 13.0 Å². The summed E-state index contributed by atoms with van der Waals surface area (Å²) in [4.78, 5) is 33.2. The lowest BCUT2D eigenvalue weighted by Crippen LogP contribution is -2.36. The normalized spacial score (nSPS) is 12.1. The number of carboxylic acid groups (broad SMARTS) is 1. The molecule has 0 aromatic carbocycles. The molecule has 1 amide bonds. The standard InChI is InChI=1S/C8H9BrN2O5S/c1-4(7(13)14)16-3-10-8(15)11-6(12)5(9)2-17-11/h2,4H,3H2,1H3,(H,10,15)(H,13,14). The van der Waals surface area contributed by atoms with Crippen LogP contribution in [0, 0.1) is 0 Å². The van der Waals surface area contributed by atoms with Gasteiger partial charge in [-0.25, -0.2) is 9.59 Å². The average molecular weight is 325 g/mol. The van der Waals surface area contributed by atoms with Crippen molar-refractivity contribution in [1.82, 2.24) is 9.27 Å². The highest BCUT2D eigenvalue weighted by atomic mass is 79.9. The number of carbonyl (C=O) groups is 2. The van der Waals surface area contributed by atoms with Crippen LogP contribution in [0.4, 0.5) is 4.79 Å². The lowest BCUT2D eigenvalue weighted by Gasteiger charge is -2.08. The summed E-state index contributed by atoms with van der Waals surface area (Å²) < 4.78 is 5.97. The van der Waals surface area contributed by atoms with Gasteiger partial charge in [0.15, 0.2) is 6.10 Å². The van der Waals surface area contributed by atoms with E-state index in [-0.39, 0.29) is 11.2 Å². The summed E-state index contributed by atoms with van der Waals surface area (Å²) in [6.45, 7) is 1.05. The Balaban J connectivity index is 2.49. The molecule has 2 N–H and O–H groups in total. The fourth-order valence-electron chi connectivity index (χ4n) is 0.806. The first-order valence-corrected chi connectivity index (χ1v) is 6.05. The summed E-state index contributed by atoms with van der Waals surface area (Å²) in [6, 6.07) is -0.664. The summed E-state index contributed by atoms with van der Waals surface area (Å²) in [6.07, 6.45) is -1.03. The fraction of sp³-hybridized carbons (Fsp3) is 0.375. The highest BCUT2D eigenvalue weighted by molar-refractivity contribution is 9.10. The van der Waals surface area contributed by atoms with E-state index < -0.39 is 23.7 Å². The number of halogens is 1. The van der Waals surface area contributed by atoms with Crippen molar-refractivity contribution >= 4 is 39.5 Å². The number of aliphatic carboxylic acids is 1. The van der Waals surface area contributed by atoms with Gasteiger partial charge in [-0.2, -0.15) is 3.96 Å². The van der Waals surface area contributed by atoms with E-state index >= 15 is 0 Å². The summed E-state index contributed by atoms with van der Waals surface area (Å²) in [5.74, 6) is -1.13. The second kappa shape index (κ2) is 5.94. The fourth-order valence-corrected chi connectivity index (χ4v) is 2.00. The molecule has 94 valence electrons. The van der Waals surface area contributed by atoms with Gasteiger partial charge in [-0.05, 0) is 22.9 Å². The van der Waals surface area contributed by atoms with E-state index in [1.807, 2.05) is 0 Å². The third-order valence-corrected chi connectivity index (χ3v) is 3.49. The minimum Gasteiger partial charge on any atom is -0.479 e. The van der Waals surface area contributed by atoms with Gasteiger partial charge in [0.05, 0.1) is 4.47 Å². The number of carboxylic acids is 1. The van der Waals surface area contributed by atoms with Crippen molar-refractivity contribution in [2.75, 3.05) is 6.73 Å². The molecule has 17 heavy (non-hydrogen) atoms. The molecular weight excluding hydrogens is 316 g/mol. The molecule has 1 unspecified atom stereocenters. The van der Waals surface area contributed by atoms with Crippen LogP contribution in [0.5, 0.6) is 0 Å². The zero-order chi connectivity index (χ0) is 13.0. The maximum absolute atomic E-state index is 11.4. The second-order valence-electron chi connectivity index (χ2n) is 2.94. The zero-order valence-corrected chi connectivity index (χ0v) is 11.1. The first kappa shape index (κ1) is 13.9. The Morgan fingerprint density at radius 2 is 2.35 bits per heavy atom. The summed E-state index contributed by atoms with van der Waals surface area (Å²) >= 11 is 3.91. The second-order valence-corrected chi connectivity index (χ2v) is 4.61. The van der Waals surface area contributed by atoms with E-state index in [1.54, 1.807) is 0 Å². The molecule has 9 heteroatoms. The maximum Gasteiger partial charge on any atom is 0.339 e. The number of amides is 1. The Labute approximate surface area is 108 Å². The van der Waals surface area contributed by atoms with Crippen molar-refractivity contribution in [1.29, 1.82) is 0 Å². The third-order valence-electron chi connectivity index (χ3n) is 1.74. The van der Waals surface area contributed by atoms with Crippen LogP contribution in [-0.4, -0.2) is 33.9 Å². The van der Waals surface area contributed by atoms with Gasteiger partial charge in [0, 0.05) is 5.38 Å². The Bertz CT molecular complexity index is 483. The topological polar surface area (TPSA) is 97.6 Å². The molecule has 0 fully saturated rings. The van der Waals surface area contributed by atoms with Crippen LogP contribution in [-0.2, 0) is 9.53 Å². The number of carbonyl (C=O) groups excluding carboxylic acids is 1. The van der Waals surface area contributed by atoms with Crippen molar-refractivity contribution in [2.24, 2.45) is 0 Å². The third kappa shape index (κ3) is 3.65. The van der Waals surface area contributed by atoms with Gasteiger partial charge in [-0.3, -0.25) is 4.79 Å². The number of hydrogen-bond acceptors (Lipinski definition) is 5. The molecule has 1 aromatic rings. The van der Waals surface area contributed by atoms with Gasteiger partial charge in [0.2, 0.25) is 0 Å². The zero-order valence-electron chi connectivity index (χ0n) is 8.68. The first-order valence-electron chi connectivity index (χ1n) is 4.42. The number of rotatable bonds is 4. The minimum absolute atomic E-state index is 0.283. The molecule has 0 saturated heterocycles. The van der Waals surface area contributed by atoms with E-state index in [1.165, 1.54) is 12.3 Å². The van der Waals surface area contributed by atoms with Gasteiger partial charge >= 0.3 is 12.0 Å². The number of nitrogens with one attached hydrogen (secondary N) is 1. The molecule has 0 saturated carbocycles. The molecule has 1 rings (SSSR count). The molecule has 0 spiro atoms. The number of ether oxygens (including phenoxy) is 1. The van der Waals surface area contributed by atoms with E-state index in [2.05, 4.69) is 21.2 Å². The molecular formula is C8H9BrN2O5S. The molecule has 0 bridgehead atoms. The first-order chi connectivity index (χ1) is 7.93. The molecule has 7 nitrogen and oxygen atoms in total. The molecule has 0 aliphatic rings. The Morgan fingerprint density at radius 1 is 1.71 bits per heavy atom. The van der Waals surface area contributed by atoms with Gasteiger partial charge < -0.3 is 15.2 Å². The van der Waals surface area contributed by atoms with Crippen LogP contribution < -0.4 is 10.9 Å². The molecule has 0 aliphatic heterocycles. The molecule has 1 heterocycles. The summed E-state index contributed by atoms with van der Waals surface area (Å²) in [5.41, 5.74) is -0.473. The van der Waals surface area contributed by atoms with Crippen LogP contribution in [0.25, 0.3) is 0 Å². The van der Waals surface area contributed by atoms with Crippen LogP contribution in [0.1, 0.15) is 6.92 Å². The Morgan fingerprint density at radius 3 is 2.82 bits per heavy atom. The van der Waals surface area contributed by atoms with Crippen LogP contribution in [0.3, 0.4) is 0 Å². The van der Waals surface area contributed by atoms with E-state index in [0.29, 0.717) is 0 Å². The minimum atomic E-state index is -1.13. The largest absolute Gasteiger partial charge is 0.479 e. The highest BCUT2D eigenvalue weighted by Gasteiger charge is 2.13. The van der Waals surface area contributed by atoms with E-state index in [4.69, 9.17) is 9.84 Å². The van der Waals surface area contributed by atoms with Crippen molar-refractivity contribution in [3.8, 4) is 0 Å². The number of nitrogens with zero attached hydrogens (tertiary/aromatic N) is 1. The van der Waals surface area contributed by atoms with Crippen molar-refractivity contribution in [3.63, 3.8) is 0 Å². The predicted octanol–water partition coefficient (Wildman–Crippen LogP) is 0.677. The van der Waals surface area contributed by atoms with Crippen LogP contribution in [0.2, 0.25) is 0 Å². The van der Waals surface area contributed by atoms with Crippen LogP contribution >= 0.6 is 27.5 Å². The predicted molar refractivity (Wildman–Crippen MR) is 63.3 cm³/mol. The molecule has 0 aliphatic carbocycles. The van der Waals surface area contributed by atoms with Crippen LogP contribution in [0.15, 0.2) is 14.6 Å². The van der Waals surface area contributed by atoms with Gasteiger partial charge in [-0.1, -0.05) is 11.5 Å². The number of aromatic nitrogens is 1. The van der Waals surface area contributed by atoms with Gasteiger partial charge in [0.1, 0.15) is 6.73 Å². The quantitative estimate of drug-likeness (QED) is 0.793. The summed E-state index contributed by atoms with van der Waals surface area (Å²) in [7, 11) is 0. The molecule has 1 aromatic heterocycles. The summed E-state index contributed by atoms with van der Waals surface area (Å²) in [5, 5.41) is 12.3. The van der Waals surface area contributed by atoms with Gasteiger partial charge in [-0.15, -0.1) is 0 Å². The Hall–Kier alpha value is -1.19. The Kier molecular flexibility index (Phi) is 4.85. The van der Waals surface area contributed by atoms with Crippen molar-refractivity contribution < 1.29 is 19.4 Å². The highest BCUT2D eigenvalue weighted by Crippen LogP contribution is 2.06. The van der Waals surface area contributed by atoms with E-state index in [0.717, 1.165) is 15.5 Å². The smallest absolute Gasteiger partial charge is 0.339 e. The maximum atomic E-state index is 11.4. The lowest BCUT2D eigenvalue weighted by atomic mass is 10.4. The number of hydrogen-bond donors (Lipinski definition) is 2. The average Bonchev–Trinajstić information content (AvgIpc) is 2.59. The molecule has 0 radical (unpaired) electrons. The van der Waals surface area contributed by atoms with Gasteiger partial charge in [0.25, 0.3) is 5.56 Å². The SMILES string of the molecule is CC(OCNC(=O)n1scc(Br)c1=O)C(=O)O. The van der Waals surface area contributed by atoms with E-state index in [9.17, 15) is 14.4 Å². The lowest BCUT2D eigenvalue weighted by molar-refractivity contribution is -0.149.